The fourth-order valence-corrected chi connectivity index (χ4v) is 1.55. The number of hydrogen-bond donors (Lipinski definition) is 0. The summed E-state index contributed by atoms with van der Waals surface area (Å²) in [6.07, 6.45) is 29.5. The molecule has 0 aromatic carbocycles. The van der Waals surface area contributed by atoms with E-state index in [1.807, 2.05) is 30.4 Å². The van der Waals surface area contributed by atoms with E-state index in [0.29, 0.717) is 0 Å². The maximum Gasteiger partial charge on any atom is -0.0276 e. The summed E-state index contributed by atoms with van der Waals surface area (Å²) in [4.78, 5) is 0. The lowest BCUT2D eigenvalue weighted by molar-refractivity contribution is 0.649. The summed E-state index contributed by atoms with van der Waals surface area (Å²) in [5.74, 6) is 0. The van der Waals surface area contributed by atoms with E-state index in [1.54, 1.807) is 0 Å². The third-order valence-corrected chi connectivity index (χ3v) is 2.46. The number of rotatable bonds is 0. The fourth-order valence-electron chi connectivity index (χ4n) is 1.55. The summed E-state index contributed by atoms with van der Waals surface area (Å²) >= 11 is 0. The molecular weight excluding hydrogens is 192 g/mol. The van der Waals surface area contributed by atoms with Crippen LogP contribution in [0.1, 0.15) is 38.5 Å². The first-order valence-electron chi connectivity index (χ1n) is 6.22. The Balaban J connectivity index is 2.40. The Morgan fingerprint density at radius 1 is 0.625 bits per heavy atom. The van der Waals surface area contributed by atoms with Gasteiger partial charge < -0.3 is 0 Å². The molecule has 1 aliphatic carbocycles. The highest BCUT2D eigenvalue weighted by molar-refractivity contribution is 5.17. The summed E-state index contributed by atoms with van der Waals surface area (Å²) in [5.41, 5.74) is 0. The molecule has 0 fully saturated rings. The molecule has 0 saturated carbocycles. The van der Waals surface area contributed by atoms with Crippen LogP contribution in [0, 0.1) is 6.08 Å². The summed E-state index contributed by atoms with van der Waals surface area (Å²) in [6.45, 7) is 0. The van der Waals surface area contributed by atoms with Gasteiger partial charge in [0.05, 0.1) is 0 Å². The van der Waals surface area contributed by atoms with Crippen LogP contribution in [-0.4, -0.2) is 0 Å². The van der Waals surface area contributed by atoms with Crippen LogP contribution >= 0.6 is 0 Å². The minimum atomic E-state index is 1.09. The van der Waals surface area contributed by atoms with Crippen molar-refractivity contribution >= 4 is 0 Å². The maximum atomic E-state index is 3.29. The molecule has 0 bridgehead atoms. The van der Waals surface area contributed by atoms with Gasteiger partial charge in [-0.25, -0.2) is 0 Å². The fraction of sp³-hybridized carbons (Fsp3) is 0.375. The molecule has 0 aliphatic heterocycles. The van der Waals surface area contributed by atoms with Gasteiger partial charge in [0, 0.05) is 0 Å². The van der Waals surface area contributed by atoms with Crippen molar-refractivity contribution in [2.24, 2.45) is 0 Å². The van der Waals surface area contributed by atoms with Gasteiger partial charge >= 0.3 is 0 Å². The quantitative estimate of drug-likeness (QED) is 0.535. The molecule has 0 nitrogen and oxygen atoms in total. The molecule has 0 aromatic rings. The first-order chi connectivity index (χ1) is 8.00. The Morgan fingerprint density at radius 2 is 1.31 bits per heavy atom. The van der Waals surface area contributed by atoms with E-state index >= 15 is 0 Å². The highest BCUT2D eigenvalue weighted by atomic mass is 13.9. The second-order valence-corrected chi connectivity index (χ2v) is 3.91. The normalized spacial score (nSPS) is 29.0. The van der Waals surface area contributed by atoms with Crippen LogP contribution in [0.25, 0.3) is 0 Å². The molecule has 1 aliphatic rings. The zero-order valence-corrected chi connectivity index (χ0v) is 9.94. The largest absolute Gasteiger partial charge is 0.0845 e. The van der Waals surface area contributed by atoms with Gasteiger partial charge in [0.15, 0.2) is 0 Å². The molecule has 85 valence electrons. The van der Waals surface area contributed by atoms with Crippen LogP contribution in [0.4, 0.5) is 0 Å². The summed E-state index contributed by atoms with van der Waals surface area (Å²) < 4.78 is 0. The van der Waals surface area contributed by atoms with E-state index in [0.717, 1.165) is 6.42 Å². The van der Waals surface area contributed by atoms with Crippen LogP contribution in [0.3, 0.4) is 0 Å². The summed E-state index contributed by atoms with van der Waals surface area (Å²) in [7, 11) is 0. The molecule has 0 spiro atoms. The van der Waals surface area contributed by atoms with E-state index in [1.165, 1.54) is 32.1 Å². The van der Waals surface area contributed by atoms with Crippen molar-refractivity contribution in [1.29, 1.82) is 0 Å². The van der Waals surface area contributed by atoms with Crippen molar-refractivity contribution in [3.63, 3.8) is 0 Å². The molecule has 1 rings (SSSR count). The van der Waals surface area contributed by atoms with Crippen molar-refractivity contribution in [2.45, 2.75) is 38.5 Å². The minimum absolute atomic E-state index is 1.09. The van der Waals surface area contributed by atoms with E-state index < -0.39 is 0 Å². The van der Waals surface area contributed by atoms with Gasteiger partial charge in [-0.05, 0) is 31.8 Å². The predicted octanol–water partition coefficient (Wildman–Crippen LogP) is 4.92. The van der Waals surface area contributed by atoms with E-state index in [4.69, 9.17) is 0 Å². The van der Waals surface area contributed by atoms with Crippen LogP contribution in [-0.2, 0) is 0 Å². The predicted molar refractivity (Wildman–Crippen MR) is 72.1 cm³/mol. The molecule has 0 atom stereocenters. The second-order valence-electron chi connectivity index (χ2n) is 3.91. The van der Waals surface area contributed by atoms with Gasteiger partial charge in [-0.1, -0.05) is 67.5 Å². The SMILES string of the molecule is [C]1=C/C=C/C=C\C=C\C=C\CCCCCC/1. The summed E-state index contributed by atoms with van der Waals surface area (Å²) in [6, 6.07) is 0. The van der Waals surface area contributed by atoms with Gasteiger partial charge in [-0.3, -0.25) is 0 Å². The van der Waals surface area contributed by atoms with E-state index in [9.17, 15) is 0 Å². The molecule has 0 amide bonds. The van der Waals surface area contributed by atoms with Crippen molar-refractivity contribution < 1.29 is 0 Å². The molecule has 0 aromatic heterocycles. The molecule has 0 unspecified atom stereocenters. The monoisotopic (exact) mass is 213 g/mol. The standard InChI is InChI=1S/C16H21/c1-2-4-6-8-10-12-14-16-15-13-11-9-7-5-3-1/h1-9H,10,12-16H2/b3-1-,4-2+,7-5+,8-6+,11-9?. The van der Waals surface area contributed by atoms with E-state index in [2.05, 4.69) is 30.4 Å². The van der Waals surface area contributed by atoms with Crippen molar-refractivity contribution in [3.8, 4) is 0 Å². The third-order valence-electron chi connectivity index (χ3n) is 2.46. The molecule has 0 N–H and O–H groups in total. The lowest BCUT2D eigenvalue weighted by Gasteiger charge is -1.96. The zero-order valence-electron chi connectivity index (χ0n) is 9.94. The van der Waals surface area contributed by atoms with Crippen LogP contribution in [0.2, 0.25) is 0 Å². The maximum absolute atomic E-state index is 3.29. The van der Waals surface area contributed by atoms with Gasteiger partial charge in [0.1, 0.15) is 0 Å². The number of allylic oxidation sites excluding steroid dienone is 10. The summed E-state index contributed by atoms with van der Waals surface area (Å²) in [5, 5.41) is 0. The first kappa shape index (κ1) is 12.8. The molecule has 16 heavy (non-hydrogen) atoms. The Kier molecular flexibility index (Phi) is 8.16. The van der Waals surface area contributed by atoms with Gasteiger partial charge in [0.2, 0.25) is 0 Å². The first-order valence-corrected chi connectivity index (χ1v) is 6.22. The highest BCUT2D eigenvalue weighted by Gasteiger charge is 1.87. The van der Waals surface area contributed by atoms with Crippen molar-refractivity contribution in [1.82, 2.24) is 0 Å². The Hall–Kier alpha value is -1.30. The molecule has 0 saturated heterocycles. The van der Waals surface area contributed by atoms with E-state index in [-0.39, 0.29) is 0 Å². The van der Waals surface area contributed by atoms with Crippen LogP contribution < -0.4 is 0 Å². The number of hydrogen-bond acceptors (Lipinski definition) is 0. The van der Waals surface area contributed by atoms with Gasteiger partial charge in [-0.2, -0.15) is 0 Å². The lowest BCUT2D eigenvalue weighted by atomic mass is 10.1. The molecule has 0 heterocycles. The third kappa shape index (κ3) is 8.05. The van der Waals surface area contributed by atoms with Crippen molar-refractivity contribution in [3.05, 3.63) is 60.8 Å². The average molecular weight is 213 g/mol. The van der Waals surface area contributed by atoms with Crippen molar-refractivity contribution in [2.75, 3.05) is 0 Å². The molecule has 1 radical (unpaired) electrons. The lowest BCUT2D eigenvalue weighted by Crippen LogP contribution is -1.76. The smallest absolute Gasteiger partial charge is 0.0276 e. The Bertz CT molecular complexity index is 257. The Labute approximate surface area is 99.8 Å². The minimum Gasteiger partial charge on any atom is -0.0845 e. The average Bonchev–Trinajstić information content (AvgIpc) is 2.29. The second kappa shape index (κ2) is 10.2. The van der Waals surface area contributed by atoms with Gasteiger partial charge in [0.25, 0.3) is 0 Å². The molecule has 0 heteroatoms. The van der Waals surface area contributed by atoms with Crippen LogP contribution in [0.5, 0.6) is 0 Å². The Morgan fingerprint density at radius 3 is 2.19 bits per heavy atom. The van der Waals surface area contributed by atoms with Gasteiger partial charge in [-0.15, -0.1) is 0 Å². The zero-order chi connectivity index (χ0) is 11.3. The molecular formula is C16H21. The topological polar surface area (TPSA) is 0 Å². The highest BCUT2D eigenvalue weighted by Crippen LogP contribution is 2.06. The van der Waals surface area contributed by atoms with Crippen LogP contribution in [0.15, 0.2) is 54.7 Å².